The molecule has 11 heavy (non-hydrogen) atoms. The molecule has 0 atom stereocenters. The summed E-state index contributed by atoms with van der Waals surface area (Å²) in [5.74, 6) is 0. The van der Waals surface area contributed by atoms with Crippen molar-refractivity contribution in [2.45, 2.75) is 39.9 Å². The molecule has 0 N–H and O–H groups in total. The van der Waals surface area contributed by atoms with Gasteiger partial charge in [0.25, 0.3) is 0 Å². The molecule has 4 heteroatoms. The summed E-state index contributed by atoms with van der Waals surface area (Å²) in [5, 5.41) is 0. The van der Waals surface area contributed by atoms with Gasteiger partial charge in [0, 0.05) is 0 Å². The van der Waals surface area contributed by atoms with E-state index in [2.05, 4.69) is 0 Å². The first-order chi connectivity index (χ1) is 4.52. The fraction of sp³-hybridized carbons (Fsp3) is 0.857. The Balaban J connectivity index is 0. The normalized spacial score (nSPS) is 9.27. The molecule has 0 saturated carbocycles. The van der Waals surface area contributed by atoms with Gasteiger partial charge in [0.1, 0.15) is 0 Å². The highest BCUT2D eigenvalue weighted by Crippen LogP contribution is 1.95. The molecule has 0 aliphatic carbocycles. The maximum Gasteiger partial charge on any atom is 0.508 e. The van der Waals surface area contributed by atoms with Gasteiger partial charge in [-0.15, -0.1) is 12.4 Å². The van der Waals surface area contributed by atoms with Crippen LogP contribution in [0.15, 0.2) is 0 Å². The van der Waals surface area contributed by atoms with Crippen LogP contribution in [0.2, 0.25) is 0 Å². The first kappa shape index (κ1) is 13.2. The van der Waals surface area contributed by atoms with E-state index in [0.29, 0.717) is 0 Å². The van der Waals surface area contributed by atoms with Crippen LogP contribution in [0.5, 0.6) is 0 Å². The zero-order chi connectivity index (χ0) is 8.15. The Hall–Kier alpha value is -0.440. The van der Waals surface area contributed by atoms with Crippen molar-refractivity contribution in [3.8, 4) is 0 Å². The van der Waals surface area contributed by atoms with Gasteiger partial charge in [0.15, 0.2) is 0 Å². The van der Waals surface area contributed by atoms with Crippen LogP contribution in [-0.2, 0) is 9.47 Å². The van der Waals surface area contributed by atoms with Crippen molar-refractivity contribution in [1.82, 2.24) is 0 Å². The molecule has 0 aromatic rings. The summed E-state index contributed by atoms with van der Waals surface area (Å²) in [5.41, 5.74) is 0. The summed E-state index contributed by atoms with van der Waals surface area (Å²) >= 11 is 0. The van der Waals surface area contributed by atoms with E-state index >= 15 is 0 Å². The number of carbonyl (C=O) groups excluding carboxylic acids is 1. The van der Waals surface area contributed by atoms with Gasteiger partial charge in [-0.3, -0.25) is 0 Å². The predicted octanol–water partition coefficient (Wildman–Crippen LogP) is 2.38. The highest BCUT2D eigenvalue weighted by Gasteiger charge is 2.07. The van der Waals surface area contributed by atoms with Crippen molar-refractivity contribution in [3.05, 3.63) is 0 Å². The third-order valence-corrected chi connectivity index (χ3v) is 0.664. The third-order valence-electron chi connectivity index (χ3n) is 0.664. The molecule has 0 spiro atoms. The van der Waals surface area contributed by atoms with Crippen molar-refractivity contribution in [2.24, 2.45) is 0 Å². The highest BCUT2D eigenvalue weighted by atomic mass is 35.5. The predicted molar refractivity (Wildman–Crippen MR) is 45.1 cm³/mol. The van der Waals surface area contributed by atoms with Crippen LogP contribution in [0, 0.1) is 0 Å². The molecule has 0 radical (unpaired) electrons. The van der Waals surface area contributed by atoms with E-state index in [1.165, 1.54) is 0 Å². The molecule has 0 unspecified atom stereocenters. The van der Waals surface area contributed by atoms with Gasteiger partial charge in [0.2, 0.25) is 0 Å². The summed E-state index contributed by atoms with van der Waals surface area (Å²) in [4.78, 5) is 10.6. The molecule has 0 rings (SSSR count). The topological polar surface area (TPSA) is 35.5 Å². The van der Waals surface area contributed by atoms with E-state index in [1.54, 1.807) is 27.7 Å². The van der Waals surface area contributed by atoms with Crippen molar-refractivity contribution in [3.63, 3.8) is 0 Å². The lowest BCUT2D eigenvalue weighted by atomic mass is 10.5. The van der Waals surface area contributed by atoms with E-state index in [-0.39, 0.29) is 24.6 Å². The molecule has 0 bridgehead atoms. The second-order valence-corrected chi connectivity index (χ2v) is 2.58. The SMILES string of the molecule is CC(C)OC(=O)OC(C)C.Cl. The van der Waals surface area contributed by atoms with E-state index in [1.807, 2.05) is 0 Å². The molecule has 0 saturated heterocycles. The van der Waals surface area contributed by atoms with Gasteiger partial charge >= 0.3 is 6.16 Å². The zero-order valence-corrected chi connectivity index (χ0v) is 8.10. The van der Waals surface area contributed by atoms with E-state index in [4.69, 9.17) is 9.47 Å². The molecule has 0 aromatic heterocycles. The van der Waals surface area contributed by atoms with Gasteiger partial charge < -0.3 is 9.47 Å². The van der Waals surface area contributed by atoms with Gasteiger partial charge in [-0.2, -0.15) is 0 Å². The smallest absolute Gasteiger partial charge is 0.432 e. The molecule has 0 aliphatic rings. The molecule has 0 fully saturated rings. The minimum atomic E-state index is -0.593. The average molecular weight is 183 g/mol. The van der Waals surface area contributed by atoms with Crippen molar-refractivity contribution in [2.75, 3.05) is 0 Å². The summed E-state index contributed by atoms with van der Waals surface area (Å²) < 4.78 is 9.40. The Morgan fingerprint density at radius 2 is 1.27 bits per heavy atom. The maximum absolute atomic E-state index is 10.6. The quantitative estimate of drug-likeness (QED) is 0.616. The molecular formula is C7H15ClO3. The van der Waals surface area contributed by atoms with E-state index in [9.17, 15) is 4.79 Å². The molecule has 0 aliphatic heterocycles. The van der Waals surface area contributed by atoms with Crippen LogP contribution in [0.25, 0.3) is 0 Å². The number of ether oxygens (including phenoxy) is 2. The first-order valence-electron chi connectivity index (χ1n) is 3.39. The Labute approximate surface area is 73.5 Å². The molecular weight excluding hydrogens is 168 g/mol. The van der Waals surface area contributed by atoms with Crippen LogP contribution in [0.4, 0.5) is 4.79 Å². The maximum atomic E-state index is 10.6. The zero-order valence-electron chi connectivity index (χ0n) is 7.29. The summed E-state index contributed by atoms with van der Waals surface area (Å²) in [7, 11) is 0. The monoisotopic (exact) mass is 182 g/mol. The Kier molecular flexibility index (Phi) is 7.52. The van der Waals surface area contributed by atoms with Gasteiger partial charge in [0.05, 0.1) is 12.2 Å². The van der Waals surface area contributed by atoms with Crippen LogP contribution in [0.1, 0.15) is 27.7 Å². The van der Waals surface area contributed by atoms with E-state index < -0.39 is 6.16 Å². The largest absolute Gasteiger partial charge is 0.508 e. The average Bonchev–Trinajstić information content (AvgIpc) is 1.58. The number of carbonyl (C=O) groups is 1. The van der Waals surface area contributed by atoms with Crippen molar-refractivity contribution >= 4 is 18.6 Å². The summed E-state index contributed by atoms with van der Waals surface area (Å²) in [6.07, 6.45) is -0.803. The summed E-state index contributed by atoms with van der Waals surface area (Å²) in [6.45, 7) is 7.12. The molecule has 0 heterocycles. The van der Waals surface area contributed by atoms with Gasteiger partial charge in [-0.05, 0) is 27.7 Å². The van der Waals surface area contributed by atoms with Crippen LogP contribution in [0.3, 0.4) is 0 Å². The second-order valence-electron chi connectivity index (χ2n) is 2.58. The van der Waals surface area contributed by atoms with E-state index in [0.717, 1.165) is 0 Å². The Morgan fingerprint density at radius 3 is 1.45 bits per heavy atom. The molecule has 0 amide bonds. The number of rotatable bonds is 2. The number of hydrogen-bond acceptors (Lipinski definition) is 3. The lowest BCUT2D eigenvalue weighted by Crippen LogP contribution is -2.16. The van der Waals surface area contributed by atoms with Crippen LogP contribution in [-0.4, -0.2) is 18.4 Å². The van der Waals surface area contributed by atoms with Crippen molar-refractivity contribution in [1.29, 1.82) is 0 Å². The van der Waals surface area contributed by atoms with Crippen LogP contribution < -0.4 is 0 Å². The highest BCUT2D eigenvalue weighted by molar-refractivity contribution is 5.85. The summed E-state index contributed by atoms with van der Waals surface area (Å²) in [6, 6.07) is 0. The minimum absolute atomic E-state index is 0. The second kappa shape index (κ2) is 6.28. The lowest BCUT2D eigenvalue weighted by molar-refractivity contribution is 0.0167. The first-order valence-corrected chi connectivity index (χ1v) is 3.39. The fourth-order valence-corrected chi connectivity index (χ4v) is 0.413. The van der Waals surface area contributed by atoms with Crippen molar-refractivity contribution < 1.29 is 14.3 Å². The third kappa shape index (κ3) is 9.56. The molecule has 0 aromatic carbocycles. The fourth-order valence-electron chi connectivity index (χ4n) is 0.413. The Morgan fingerprint density at radius 1 is 1.00 bits per heavy atom. The van der Waals surface area contributed by atoms with Gasteiger partial charge in [-0.1, -0.05) is 0 Å². The molecule has 68 valence electrons. The molecule has 3 nitrogen and oxygen atoms in total. The number of hydrogen-bond donors (Lipinski definition) is 0. The van der Waals surface area contributed by atoms with Gasteiger partial charge in [-0.25, -0.2) is 4.79 Å². The number of halogens is 1. The Bertz CT molecular complexity index is 100. The van der Waals surface area contributed by atoms with Crippen LogP contribution >= 0.6 is 12.4 Å². The lowest BCUT2D eigenvalue weighted by Gasteiger charge is -2.10. The minimum Gasteiger partial charge on any atom is -0.432 e. The standard InChI is InChI=1S/C7H14O3.ClH/c1-5(2)9-7(8)10-6(3)4;/h5-6H,1-4H3;1H.